The van der Waals surface area contributed by atoms with Crippen molar-refractivity contribution in [2.75, 3.05) is 10.6 Å². The Kier molecular flexibility index (Phi) is 4.28. The molecule has 4 aromatic rings. The lowest BCUT2D eigenvalue weighted by molar-refractivity contribution is -0.114. The van der Waals surface area contributed by atoms with Gasteiger partial charge in [-0.1, -0.05) is 12.1 Å². The standard InChI is InChI=1S/C23H19N5O2/c1-14(29)25-17-5-2-15(3-6-17)22-23(28-11-10-24-13-21(28)27-22)26-18-7-8-19-16(12-18)4-9-20(19)30/h2-3,5-8,10-13,26H,4,9H2,1H3,(H,25,29). The molecule has 0 fully saturated rings. The van der Waals surface area contributed by atoms with Crippen molar-refractivity contribution in [3.05, 3.63) is 72.2 Å². The highest BCUT2D eigenvalue weighted by Crippen LogP contribution is 2.33. The van der Waals surface area contributed by atoms with Gasteiger partial charge < -0.3 is 10.6 Å². The molecule has 148 valence electrons. The molecule has 1 amide bonds. The highest BCUT2D eigenvalue weighted by molar-refractivity contribution is 6.01. The zero-order valence-corrected chi connectivity index (χ0v) is 16.3. The van der Waals surface area contributed by atoms with E-state index in [9.17, 15) is 9.59 Å². The Labute approximate surface area is 172 Å². The van der Waals surface area contributed by atoms with Gasteiger partial charge in [-0.25, -0.2) is 4.98 Å². The molecular weight excluding hydrogens is 378 g/mol. The van der Waals surface area contributed by atoms with Crippen molar-refractivity contribution in [3.63, 3.8) is 0 Å². The Morgan fingerprint density at radius 3 is 2.67 bits per heavy atom. The normalized spacial score (nSPS) is 12.8. The zero-order valence-electron chi connectivity index (χ0n) is 16.3. The fraction of sp³-hybridized carbons (Fsp3) is 0.130. The molecule has 7 nitrogen and oxygen atoms in total. The summed E-state index contributed by atoms with van der Waals surface area (Å²) >= 11 is 0. The van der Waals surface area contributed by atoms with E-state index in [2.05, 4.69) is 15.6 Å². The lowest BCUT2D eigenvalue weighted by atomic mass is 10.1. The van der Waals surface area contributed by atoms with Crippen molar-refractivity contribution in [3.8, 4) is 11.3 Å². The van der Waals surface area contributed by atoms with E-state index in [1.165, 1.54) is 6.92 Å². The van der Waals surface area contributed by atoms with E-state index < -0.39 is 0 Å². The van der Waals surface area contributed by atoms with Crippen molar-refractivity contribution in [2.45, 2.75) is 19.8 Å². The number of nitrogens with one attached hydrogen (secondary N) is 2. The molecule has 0 bridgehead atoms. The molecule has 0 saturated carbocycles. The molecule has 0 aliphatic heterocycles. The van der Waals surface area contributed by atoms with Crippen molar-refractivity contribution in [1.29, 1.82) is 0 Å². The van der Waals surface area contributed by atoms with E-state index in [1.807, 2.05) is 53.1 Å². The van der Waals surface area contributed by atoms with Gasteiger partial charge >= 0.3 is 0 Å². The largest absolute Gasteiger partial charge is 0.339 e. The number of anilines is 3. The van der Waals surface area contributed by atoms with Gasteiger partial charge in [-0.15, -0.1) is 0 Å². The van der Waals surface area contributed by atoms with Crippen LogP contribution in [-0.2, 0) is 11.2 Å². The Hall–Kier alpha value is -4.00. The first kappa shape index (κ1) is 18.1. The molecule has 0 saturated heterocycles. The van der Waals surface area contributed by atoms with Gasteiger partial charge in [0.1, 0.15) is 11.5 Å². The second kappa shape index (κ2) is 7.11. The number of fused-ring (bicyclic) bond motifs is 2. The van der Waals surface area contributed by atoms with Crippen LogP contribution in [0.4, 0.5) is 17.2 Å². The maximum atomic E-state index is 11.9. The average Bonchev–Trinajstić information content (AvgIpc) is 3.29. The van der Waals surface area contributed by atoms with Crippen LogP contribution in [0.15, 0.2) is 61.1 Å². The fourth-order valence-electron chi connectivity index (χ4n) is 3.81. The van der Waals surface area contributed by atoms with Gasteiger partial charge in [0, 0.05) is 48.2 Å². The Bertz CT molecular complexity index is 1290. The summed E-state index contributed by atoms with van der Waals surface area (Å²) in [6.07, 6.45) is 6.63. The van der Waals surface area contributed by atoms with E-state index >= 15 is 0 Å². The van der Waals surface area contributed by atoms with Gasteiger partial charge in [-0.05, 0) is 42.3 Å². The number of Topliss-reactive ketones (excluding diaryl/α,β-unsaturated/α-hetero) is 1. The first-order chi connectivity index (χ1) is 14.6. The minimum absolute atomic E-state index is 0.112. The number of aromatic nitrogens is 3. The number of carbonyl (C=O) groups excluding carboxylic acids is 2. The molecule has 0 atom stereocenters. The van der Waals surface area contributed by atoms with Crippen LogP contribution in [0.3, 0.4) is 0 Å². The summed E-state index contributed by atoms with van der Waals surface area (Å²) in [7, 11) is 0. The van der Waals surface area contributed by atoms with Gasteiger partial charge in [0.2, 0.25) is 5.91 Å². The molecule has 5 rings (SSSR count). The predicted molar refractivity (Wildman–Crippen MR) is 115 cm³/mol. The second-order valence-corrected chi connectivity index (χ2v) is 7.29. The predicted octanol–water partition coefficient (Wildman–Crippen LogP) is 4.23. The molecule has 30 heavy (non-hydrogen) atoms. The minimum atomic E-state index is -0.112. The van der Waals surface area contributed by atoms with Crippen LogP contribution in [0.25, 0.3) is 16.9 Å². The lowest BCUT2D eigenvalue weighted by Crippen LogP contribution is -2.05. The molecule has 7 heteroatoms. The van der Waals surface area contributed by atoms with Crippen molar-refractivity contribution in [1.82, 2.24) is 14.4 Å². The van der Waals surface area contributed by atoms with Crippen LogP contribution < -0.4 is 10.6 Å². The van der Waals surface area contributed by atoms with Gasteiger partial charge in [0.05, 0.1) is 6.20 Å². The summed E-state index contributed by atoms with van der Waals surface area (Å²) in [4.78, 5) is 32.1. The first-order valence-electron chi connectivity index (χ1n) is 9.72. The first-order valence-corrected chi connectivity index (χ1v) is 9.72. The average molecular weight is 397 g/mol. The molecule has 2 heterocycles. The molecular formula is C23H19N5O2. The molecule has 0 spiro atoms. The molecule has 0 unspecified atom stereocenters. The number of carbonyl (C=O) groups is 2. The fourth-order valence-corrected chi connectivity index (χ4v) is 3.81. The minimum Gasteiger partial charge on any atom is -0.339 e. The number of ketones is 1. The maximum absolute atomic E-state index is 11.9. The van der Waals surface area contributed by atoms with Crippen LogP contribution in [0.2, 0.25) is 0 Å². The van der Waals surface area contributed by atoms with Crippen LogP contribution in [-0.4, -0.2) is 26.1 Å². The highest BCUT2D eigenvalue weighted by Gasteiger charge is 2.20. The Balaban J connectivity index is 1.56. The molecule has 2 N–H and O–H groups in total. The number of amides is 1. The summed E-state index contributed by atoms with van der Waals surface area (Å²) < 4.78 is 1.95. The number of hydrogen-bond donors (Lipinski definition) is 2. The third-order valence-electron chi connectivity index (χ3n) is 5.20. The van der Waals surface area contributed by atoms with Crippen molar-refractivity contribution >= 4 is 34.5 Å². The van der Waals surface area contributed by atoms with Crippen molar-refractivity contribution in [2.24, 2.45) is 0 Å². The number of hydrogen-bond acceptors (Lipinski definition) is 5. The maximum Gasteiger partial charge on any atom is 0.221 e. The quantitative estimate of drug-likeness (QED) is 0.538. The molecule has 1 aliphatic carbocycles. The van der Waals surface area contributed by atoms with Crippen molar-refractivity contribution < 1.29 is 9.59 Å². The van der Waals surface area contributed by atoms with Crippen LogP contribution in [0.5, 0.6) is 0 Å². The van der Waals surface area contributed by atoms with E-state index in [-0.39, 0.29) is 11.7 Å². The molecule has 0 radical (unpaired) electrons. The smallest absolute Gasteiger partial charge is 0.221 e. The SMILES string of the molecule is CC(=O)Nc1ccc(-c2nc3cnccn3c2Nc2ccc3c(c2)CCC3=O)cc1. The van der Waals surface area contributed by atoms with E-state index in [4.69, 9.17) is 4.98 Å². The second-order valence-electron chi connectivity index (χ2n) is 7.29. The van der Waals surface area contributed by atoms with Gasteiger partial charge in [0.25, 0.3) is 0 Å². The number of rotatable bonds is 4. The summed E-state index contributed by atoms with van der Waals surface area (Å²) in [5, 5.41) is 6.25. The highest BCUT2D eigenvalue weighted by atomic mass is 16.1. The van der Waals surface area contributed by atoms with Crippen LogP contribution >= 0.6 is 0 Å². The summed E-state index contributed by atoms with van der Waals surface area (Å²) in [6, 6.07) is 13.4. The monoisotopic (exact) mass is 397 g/mol. The zero-order chi connectivity index (χ0) is 20.7. The Morgan fingerprint density at radius 1 is 1.07 bits per heavy atom. The van der Waals surface area contributed by atoms with Gasteiger partial charge in [-0.2, -0.15) is 0 Å². The third-order valence-corrected chi connectivity index (χ3v) is 5.20. The third kappa shape index (κ3) is 3.20. The van der Waals surface area contributed by atoms with Crippen LogP contribution in [0, 0.1) is 0 Å². The number of benzene rings is 2. The van der Waals surface area contributed by atoms with Gasteiger partial charge in [0.15, 0.2) is 11.4 Å². The molecule has 1 aliphatic rings. The lowest BCUT2D eigenvalue weighted by Gasteiger charge is -2.11. The summed E-state index contributed by atoms with van der Waals surface area (Å²) in [5.74, 6) is 0.903. The topological polar surface area (TPSA) is 88.4 Å². The summed E-state index contributed by atoms with van der Waals surface area (Å²) in [6.45, 7) is 1.48. The summed E-state index contributed by atoms with van der Waals surface area (Å²) in [5.41, 5.74) is 5.92. The van der Waals surface area contributed by atoms with E-state index in [0.29, 0.717) is 6.42 Å². The number of imidazole rings is 1. The molecule has 2 aromatic carbocycles. The number of nitrogens with zero attached hydrogens (tertiary/aromatic N) is 3. The molecule has 2 aromatic heterocycles. The van der Waals surface area contributed by atoms with E-state index in [0.717, 1.165) is 51.6 Å². The van der Waals surface area contributed by atoms with E-state index in [1.54, 1.807) is 12.4 Å². The number of aryl methyl sites for hydroxylation is 1. The Morgan fingerprint density at radius 2 is 1.87 bits per heavy atom. The van der Waals surface area contributed by atoms with Gasteiger partial charge in [-0.3, -0.25) is 19.0 Å². The van der Waals surface area contributed by atoms with Crippen LogP contribution in [0.1, 0.15) is 29.3 Å².